The van der Waals surface area contributed by atoms with E-state index in [9.17, 15) is 0 Å². The lowest BCUT2D eigenvalue weighted by molar-refractivity contribution is 0.370. The number of thiazole rings is 1. The second kappa shape index (κ2) is 8.31. The van der Waals surface area contributed by atoms with Crippen LogP contribution in [0.15, 0.2) is 10.4 Å². The number of aliphatic imine (C=N–C) groups is 1. The van der Waals surface area contributed by atoms with Gasteiger partial charge in [-0.15, -0.1) is 35.3 Å². The third-order valence-corrected chi connectivity index (χ3v) is 4.73. The van der Waals surface area contributed by atoms with E-state index in [1.165, 1.54) is 11.4 Å². The molecular weight excluding hydrogens is 395 g/mol. The quantitative estimate of drug-likeness (QED) is 0.350. The largest absolute Gasteiger partial charge is 0.356 e. The molecule has 0 aliphatic carbocycles. The number of hydrogen-bond acceptors (Lipinski definition) is 3. The number of hydrogen-bond donors (Lipinski definition) is 1. The van der Waals surface area contributed by atoms with Gasteiger partial charge in [-0.25, -0.2) is 4.98 Å². The van der Waals surface area contributed by atoms with Crippen LogP contribution >= 0.6 is 35.3 Å². The Bertz CT molecular complexity index is 470. The zero-order valence-corrected chi connectivity index (χ0v) is 16.6. The lowest BCUT2D eigenvalue weighted by Crippen LogP contribution is -2.41. The van der Waals surface area contributed by atoms with Gasteiger partial charge in [-0.05, 0) is 25.2 Å². The zero-order valence-electron chi connectivity index (χ0n) is 13.5. The van der Waals surface area contributed by atoms with Gasteiger partial charge < -0.3 is 10.2 Å². The van der Waals surface area contributed by atoms with Crippen LogP contribution in [-0.2, 0) is 6.42 Å². The molecule has 21 heavy (non-hydrogen) atoms. The van der Waals surface area contributed by atoms with Crippen molar-refractivity contribution in [3.05, 3.63) is 16.1 Å². The van der Waals surface area contributed by atoms with E-state index in [1.54, 1.807) is 11.3 Å². The number of aromatic nitrogens is 1. The fourth-order valence-electron chi connectivity index (χ4n) is 2.58. The maximum Gasteiger partial charge on any atom is 0.193 e. The molecule has 1 aliphatic rings. The maximum atomic E-state index is 4.49. The van der Waals surface area contributed by atoms with Gasteiger partial charge in [0.2, 0.25) is 0 Å². The first-order chi connectivity index (χ1) is 9.50. The molecule has 1 saturated heterocycles. The van der Waals surface area contributed by atoms with E-state index in [1.807, 2.05) is 7.05 Å². The van der Waals surface area contributed by atoms with Crippen LogP contribution in [0.5, 0.6) is 0 Å². The van der Waals surface area contributed by atoms with Crippen molar-refractivity contribution in [2.24, 2.45) is 10.4 Å². The van der Waals surface area contributed by atoms with Gasteiger partial charge in [0, 0.05) is 44.2 Å². The first-order valence-corrected chi connectivity index (χ1v) is 8.25. The SMILES string of the molecule is CN=C(NCCCc1nc(C)cs1)N1CCC(C)(C)C1.I. The first-order valence-electron chi connectivity index (χ1n) is 7.37. The van der Waals surface area contributed by atoms with Gasteiger partial charge in [-0.2, -0.15) is 0 Å². The molecule has 1 N–H and O–H groups in total. The van der Waals surface area contributed by atoms with Crippen LogP contribution < -0.4 is 5.32 Å². The number of halogens is 1. The molecule has 6 heteroatoms. The summed E-state index contributed by atoms with van der Waals surface area (Å²) in [4.78, 5) is 11.3. The molecule has 4 nitrogen and oxygen atoms in total. The molecule has 1 fully saturated rings. The molecule has 1 aromatic rings. The van der Waals surface area contributed by atoms with Crippen molar-refractivity contribution in [2.45, 2.75) is 40.0 Å². The number of guanidine groups is 1. The average molecular weight is 422 g/mol. The summed E-state index contributed by atoms with van der Waals surface area (Å²) in [6, 6.07) is 0. The van der Waals surface area contributed by atoms with Crippen LogP contribution in [0.25, 0.3) is 0 Å². The third-order valence-electron chi connectivity index (χ3n) is 3.71. The van der Waals surface area contributed by atoms with Crippen molar-refractivity contribution in [1.29, 1.82) is 0 Å². The van der Waals surface area contributed by atoms with Crippen LogP contribution in [-0.4, -0.2) is 42.5 Å². The van der Waals surface area contributed by atoms with Gasteiger partial charge in [0.1, 0.15) is 0 Å². The summed E-state index contributed by atoms with van der Waals surface area (Å²) < 4.78 is 0. The lowest BCUT2D eigenvalue weighted by atomic mass is 9.93. The van der Waals surface area contributed by atoms with Crippen molar-refractivity contribution >= 4 is 41.3 Å². The highest BCUT2D eigenvalue weighted by Gasteiger charge is 2.30. The molecule has 1 aromatic heterocycles. The van der Waals surface area contributed by atoms with E-state index < -0.39 is 0 Å². The fraction of sp³-hybridized carbons (Fsp3) is 0.733. The smallest absolute Gasteiger partial charge is 0.193 e. The number of nitrogens with one attached hydrogen (secondary N) is 1. The molecule has 2 heterocycles. The summed E-state index contributed by atoms with van der Waals surface area (Å²) in [5, 5.41) is 6.84. The zero-order chi connectivity index (χ0) is 14.6. The lowest BCUT2D eigenvalue weighted by Gasteiger charge is -2.23. The minimum Gasteiger partial charge on any atom is -0.356 e. The highest BCUT2D eigenvalue weighted by Crippen LogP contribution is 2.28. The molecular formula is C15H27IN4S. The number of rotatable bonds is 4. The summed E-state index contributed by atoms with van der Waals surface area (Å²) in [6.45, 7) is 9.87. The Morgan fingerprint density at radius 1 is 1.52 bits per heavy atom. The number of aryl methyl sites for hydroxylation is 2. The Morgan fingerprint density at radius 3 is 2.81 bits per heavy atom. The Hall–Kier alpha value is -0.370. The predicted molar refractivity (Wildman–Crippen MR) is 102 cm³/mol. The van der Waals surface area contributed by atoms with Crippen LogP contribution in [0.3, 0.4) is 0 Å². The van der Waals surface area contributed by atoms with Gasteiger partial charge in [-0.3, -0.25) is 4.99 Å². The molecule has 120 valence electrons. The second-order valence-corrected chi connectivity index (χ2v) is 7.24. The summed E-state index contributed by atoms with van der Waals surface area (Å²) in [7, 11) is 1.87. The van der Waals surface area contributed by atoms with Gasteiger partial charge in [0.25, 0.3) is 0 Å². The molecule has 1 aliphatic heterocycles. The van der Waals surface area contributed by atoms with Gasteiger partial charge in [0.05, 0.1) is 5.01 Å². The van der Waals surface area contributed by atoms with Crippen LogP contribution in [0, 0.1) is 12.3 Å². The first kappa shape index (κ1) is 18.7. The van der Waals surface area contributed by atoms with Crippen LogP contribution in [0.4, 0.5) is 0 Å². The van der Waals surface area contributed by atoms with Crippen LogP contribution in [0.2, 0.25) is 0 Å². The predicted octanol–water partition coefficient (Wildman–Crippen LogP) is 3.31. The van der Waals surface area contributed by atoms with Gasteiger partial charge in [0.15, 0.2) is 5.96 Å². The standard InChI is InChI=1S/C15H26N4S.HI/c1-12-10-20-13(18-12)6-5-8-17-14(16-4)19-9-7-15(2,3)11-19;/h10H,5-9,11H2,1-4H3,(H,16,17);1H. The molecule has 0 aromatic carbocycles. The molecule has 2 rings (SSSR count). The van der Waals surface area contributed by atoms with Gasteiger partial charge in [-0.1, -0.05) is 13.8 Å². The van der Waals surface area contributed by atoms with Crippen molar-refractivity contribution < 1.29 is 0 Å². The van der Waals surface area contributed by atoms with E-state index in [-0.39, 0.29) is 24.0 Å². The maximum absolute atomic E-state index is 4.49. The summed E-state index contributed by atoms with van der Waals surface area (Å²) in [5.74, 6) is 1.05. The van der Waals surface area contributed by atoms with E-state index in [0.717, 1.165) is 44.1 Å². The van der Waals surface area contributed by atoms with E-state index in [2.05, 4.69) is 46.3 Å². The Kier molecular flexibility index (Phi) is 7.39. The van der Waals surface area contributed by atoms with Crippen LogP contribution in [0.1, 0.15) is 37.4 Å². The average Bonchev–Trinajstić information content (AvgIpc) is 2.95. The highest BCUT2D eigenvalue weighted by molar-refractivity contribution is 14.0. The third kappa shape index (κ3) is 5.73. The molecule has 0 amide bonds. The second-order valence-electron chi connectivity index (χ2n) is 6.30. The Morgan fingerprint density at radius 2 is 2.29 bits per heavy atom. The topological polar surface area (TPSA) is 40.5 Å². The monoisotopic (exact) mass is 422 g/mol. The van der Waals surface area contributed by atoms with E-state index in [0.29, 0.717) is 5.41 Å². The van der Waals surface area contributed by atoms with Crippen molar-refractivity contribution in [2.75, 3.05) is 26.7 Å². The normalized spacial score (nSPS) is 17.7. The van der Waals surface area contributed by atoms with E-state index >= 15 is 0 Å². The minimum atomic E-state index is 0. The van der Waals surface area contributed by atoms with Crippen molar-refractivity contribution in [1.82, 2.24) is 15.2 Å². The molecule has 0 saturated carbocycles. The molecule has 0 spiro atoms. The Balaban J connectivity index is 0.00000220. The summed E-state index contributed by atoms with van der Waals surface area (Å²) in [5.41, 5.74) is 1.55. The van der Waals surface area contributed by atoms with E-state index in [4.69, 9.17) is 0 Å². The Labute approximate surface area is 149 Å². The molecule has 0 bridgehead atoms. The van der Waals surface area contributed by atoms with Crippen molar-refractivity contribution in [3.63, 3.8) is 0 Å². The van der Waals surface area contributed by atoms with Crippen molar-refractivity contribution in [3.8, 4) is 0 Å². The van der Waals surface area contributed by atoms with Gasteiger partial charge >= 0.3 is 0 Å². The summed E-state index contributed by atoms with van der Waals surface area (Å²) >= 11 is 1.76. The molecule has 0 radical (unpaired) electrons. The minimum absolute atomic E-state index is 0. The number of likely N-dealkylation sites (tertiary alicyclic amines) is 1. The fourth-order valence-corrected chi connectivity index (χ4v) is 3.40. The molecule has 0 unspecified atom stereocenters. The number of nitrogens with zero attached hydrogens (tertiary/aromatic N) is 3. The molecule has 0 atom stereocenters. The summed E-state index contributed by atoms with van der Waals surface area (Å²) in [6.07, 6.45) is 3.39. The highest BCUT2D eigenvalue weighted by atomic mass is 127.